The van der Waals surface area contributed by atoms with E-state index in [9.17, 15) is 13.6 Å². The molecule has 1 amide bonds. The number of carbonyl (C=O) groups excluding carboxylic acids is 1. The van der Waals surface area contributed by atoms with Crippen LogP contribution in [0, 0.1) is 0 Å². The molecule has 0 aliphatic carbocycles. The van der Waals surface area contributed by atoms with Crippen LogP contribution in [0.5, 0.6) is 5.75 Å². The molecule has 8 heteroatoms. The lowest BCUT2D eigenvalue weighted by molar-refractivity contribution is -0.120. The zero-order chi connectivity index (χ0) is 15.6. The second kappa shape index (κ2) is 6.34. The molecule has 1 aliphatic rings. The first-order valence-electron chi connectivity index (χ1n) is 6.27. The molecule has 0 aromatic heterocycles. The van der Waals surface area contributed by atoms with Crippen LogP contribution in [-0.4, -0.2) is 31.5 Å². The van der Waals surface area contributed by atoms with Crippen molar-refractivity contribution in [3.63, 3.8) is 0 Å². The first-order chi connectivity index (χ1) is 9.82. The first-order valence-corrected chi connectivity index (χ1v) is 7.03. The number of benzene rings is 1. The van der Waals surface area contributed by atoms with Crippen molar-refractivity contribution in [1.82, 2.24) is 5.32 Å². The minimum absolute atomic E-state index is 0.0567. The van der Waals surface area contributed by atoms with E-state index in [0.717, 1.165) is 0 Å². The van der Waals surface area contributed by atoms with Crippen molar-refractivity contribution >= 4 is 34.8 Å². The number of amides is 1. The lowest BCUT2D eigenvalue weighted by Crippen LogP contribution is -2.50. The second-order valence-corrected chi connectivity index (χ2v) is 5.60. The summed E-state index contributed by atoms with van der Waals surface area (Å²) in [6.45, 7) is -0.511. The molecule has 1 aromatic carbocycles. The van der Waals surface area contributed by atoms with E-state index in [1.165, 1.54) is 19.2 Å². The Balaban J connectivity index is 2.06. The van der Waals surface area contributed by atoms with E-state index in [4.69, 9.17) is 27.9 Å². The van der Waals surface area contributed by atoms with Crippen molar-refractivity contribution in [3.05, 3.63) is 22.2 Å². The van der Waals surface area contributed by atoms with Crippen molar-refractivity contribution in [2.24, 2.45) is 0 Å². The molecule has 1 fully saturated rings. The summed E-state index contributed by atoms with van der Waals surface area (Å²) in [4.78, 5) is 12.1. The van der Waals surface area contributed by atoms with Gasteiger partial charge < -0.3 is 15.4 Å². The highest BCUT2D eigenvalue weighted by atomic mass is 35.5. The number of nitrogens with one attached hydrogen (secondary N) is 2. The summed E-state index contributed by atoms with van der Waals surface area (Å²) >= 11 is 11.9. The standard InChI is InChI=1S/C13H14Cl2F2N2O2/c1-21-11-5-10(7(14)4-8(11)15)19-12(20)9-2-3-13(16,17)6-18-9/h4-5,9,18H,2-3,6H2,1H3,(H,19,20). The lowest BCUT2D eigenvalue weighted by Gasteiger charge is -2.28. The number of ether oxygens (including phenoxy) is 1. The molecule has 2 N–H and O–H groups in total. The highest BCUT2D eigenvalue weighted by Gasteiger charge is 2.37. The van der Waals surface area contributed by atoms with Crippen LogP contribution in [0.25, 0.3) is 0 Å². The maximum Gasteiger partial charge on any atom is 0.260 e. The Labute approximate surface area is 130 Å². The number of hydrogen-bond acceptors (Lipinski definition) is 3. The van der Waals surface area contributed by atoms with E-state index >= 15 is 0 Å². The quantitative estimate of drug-likeness (QED) is 0.888. The summed E-state index contributed by atoms with van der Waals surface area (Å²) in [6, 6.07) is 2.25. The highest BCUT2D eigenvalue weighted by molar-refractivity contribution is 6.37. The molecule has 1 heterocycles. The third kappa shape index (κ3) is 3.96. The Morgan fingerprint density at radius 1 is 1.43 bits per heavy atom. The summed E-state index contributed by atoms with van der Waals surface area (Å²) in [6.07, 6.45) is -0.267. The van der Waals surface area contributed by atoms with Crippen LogP contribution in [0.1, 0.15) is 12.8 Å². The van der Waals surface area contributed by atoms with Crippen molar-refractivity contribution in [1.29, 1.82) is 0 Å². The van der Waals surface area contributed by atoms with Crippen molar-refractivity contribution in [2.45, 2.75) is 24.8 Å². The summed E-state index contributed by atoms with van der Waals surface area (Å²) in [5, 5.41) is 5.68. The van der Waals surface area contributed by atoms with E-state index in [2.05, 4.69) is 10.6 Å². The van der Waals surface area contributed by atoms with E-state index in [0.29, 0.717) is 16.5 Å². The SMILES string of the molecule is COc1cc(NC(=O)C2CCC(F)(F)CN2)c(Cl)cc1Cl. The summed E-state index contributed by atoms with van der Waals surface area (Å²) < 4.78 is 31.1. The van der Waals surface area contributed by atoms with Crippen LogP contribution >= 0.6 is 23.2 Å². The molecule has 1 aliphatic heterocycles. The Morgan fingerprint density at radius 3 is 2.71 bits per heavy atom. The average Bonchev–Trinajstić information content (AvgIpc) is 2.41. The Morgan fingerprint density at radius 2 is 2.14 bits per heavy atom. The Hall–Kier alpha value is -1.11. The van der Waals surface area contributed by atoms with Gasteiger partial charge in [-0.2, -0.15) is 0 Å². The predicted molar refractivity (Wildman–Crippen MR) is 77.6 cm³/mol. The van der Waals surface area contributed by atoms with Crippen molar-refractivity contribution in [3.8, 4) is 5.75 Å². The van der Waals surface area contributed by atoms with Crippen molar-refractivity contribution in [2.75, 3.05) is 19.0 Å². The zero-order valence-electron chi connectivity index (χ0n) is 11.2. The molecule has 116 valence electrons. The number of piperidine rings is 1. The molecule has 1 unspecified atom stereocenters. The smallest absolute Gasteiger partial charge is 0.260 e. The highest BCUT2D eigenvalue weighted by Crippen LogP contribution is 2.34. The fourth-order valence-electron chi connectivity index (χ4n) is 2.04. The number of halogens is 4. The third-order valence-electron chi connectivity index (χ3n) is 3.22. The topological polar surface area (TPSA) is 50.4 Å². The Bertz CT molecular complexity index is 545. The van der Waals surface area contributed by atoms with Crippen LogP contribution in [0.3, 0.4) is 0 Å². The number of hydrogen-bond donors (Lipinski definition) is 2. The van der Waals surface area contributed by atoms with Gasteiger partial charge in [0.2, 0.25) is 5.91 Å². The maximum atomic E-state index is 13.0. The summed E-state index contributed by atoms with van der Waals surface area (Å²) in [5.41, 5.74) is 0.321. The molecular weight excluding hydrogens is 325 g/mol. The van der Waals surface area contributed by atoms with Gasteiger partial charge in [0.05, 0.1) is 35.4 Å². The number of anilines is 1. The van der Waals surface area contributed by atoms with Crippen molar-refractivity contribution < 1.29 is 18.3 Å². The van der Waals surface area contributed by atoms with E-state index in [1.54, 1.807) is 0 Å². The van der Waals surface area contributed by atoms with E-state index in [1.807, 2.05) is 0 Å². The molecule has 1 aromatic rings. The van der Waals surface area contributed by atoms with Gasteiger partial charge in [0.25, 0.3) is 5.92 Å². The zero-order valence-corrected chi connectivity index (χ0v) is 12.7. The monoisotopic (exact) mass is 338 g/mol. The Kier molecular flexibility index (Phi) is 4.91. The number of methoxy groups -OCH3 is 1. The van der Waals surface area contributed by atoms with Gasteiger partial charge >= 0.3 is 0 Å². The minimum atomic E-state index is -2.77. The fourth-order valence-corrected chi connectivity index (χ4v) is 2.55. The lowest BCUT2D eigenvalue weighted by atomic mass is 10.0. The molecule has 2 rings (SSSR count). The molecule has 1 atom stereocenters. The number of rotatable bonds is 3. The number of carbonyl (C=O) groups is 1. The van der Waals surface area contributed by atoms with E-state index < -0.39 is 24.4 Å². The normalized spacial score (nSPS) is 20.9. The van der Waals surface area contributed by atoms with Gasteiger partial charge in [-0.1, -0.05) is 23.2 Å². The van der Waals surface area contributed by atoms with Gasteiger partial charge in [-0.25, -0.2) is 8.78 Å². The van der Waals surface area contributed by atoms with Crippen LogP contribution < -0.4 is 15.4 Å². The molecule has 1 saturated heterocycles. The third-order valence-corrected chi connectivity index (χ3v) is 3.83. The average molecular weight is 339 g/mol. The summed E-state index contributed by atoms with van der Waals surface area (Å²) in [5.74, 6) is -2.82. The molecule has 21 heavy (non-hydrogen) atoms. The van der Waals surface area contributed by atoms with Gasteiger partial charge in [0.1, 0.15) is 5.75 Å². The van der Waals surface area contributed by atoms with Gasteiger partial charge in [0.15, 0.2) is 0 Å². The van der Waals surface area contributed by atoms with Crippen LogP contribution in [-0.2, 0) is 4.79 Å². The van der Waals surface area contributed by atoms with Gasteiger partial charge in [-0.05, 0) is 12.5 Å². The molecule has 0 spiro atoms. The van der Waals surface area contributed by atoms with E-state index in [-0.39, 0.29) is 17.9 Å². The second-order valence-electron chi connectivity index (χ2n) is 4.78. The molecule has 0 saturated carbocycles. The molecule has 0 radical (unpaired) electrons. The number of alkyl halides is 2. The van der Waals surface area contributed by atoms with Crippen LogP contribution in [0.2, 0.25) is 10.0 Å². The molecular formula is C13H14Cl2F2N2O2. The first kappa shape index (κ1) is 16.3. The summed E-state index contributed by atoms with van der Waals surface area (Å²) in [7, 11) is 1.44. The predicted octanol–water partition coefficient (Wildman–Crippen LogP) is 3.33. The van der Waals surface area contributed by atoms with Gasteiger partial charge in [0, 0.05) is 12.5 Å². The van der Waals surface area contributed by atoms with Crippen LogP contribution in [0.15, 0.2) is 12.1 Å². The largest absolute Gasteiger partial charge is 0.495 e. The fraction of sp³-hybridized carbons (Fsp3) is 0.462. The molecule has 4 nitrogen and oxygen atoms in total. The maximum absolute atomic E-state index is 13.0. The van der Waals surface area contributed by atoms with Gasteiger partial charge in [-0.15, -0.1) is 0 Å². The van der Waals surface area contributed by atoms with Crippen LogP contribution in [0.4, 0.5) is 14.5 Å². The van der Waals surface area contributed by atoms with Gasteiger partial charge in [-0.3, -0.25) is 4.79 Å². The molecule has 0 bridgehead atoms. The minimum Gasteiger partial charge on any atom is -0.495 e.